The topological polar surface area (TPSA) is 0 Å². The third-order valence-electron chi connectivity index (χ3n) is 10.5. The maximum atomic E-state index is 14.1. The Morgan fingerprint density at radius 2 is 0.851 bits per heavy atom. The highest BCUT2D eigenvalue weighted by Crippen LogP contribution is 2.53. The van der Waals surface area contributed by atoms with Gasteiger partial charge in [-0.1, -0.05) is 106 Å². The highest BCUT2D eigenvalue weighted by atomic mass is 19.1. The molecular formula is C45H36F2. The molecule has 0 unspecified atom stereocenters. The van der Waals surface area contributed by atoms with Crippen molar-refractivity contribution >= 4 is 21.5 Å². The van der Waals surface area contributed by atoms with Crippen LogP contribution >= 0.6 is 0 Å². The predicted octanol–water partition coefficient (Wildman–Crippen LogP) is 12.5. The van der Waals surface area contributed by atoms with Crippen molar-refractivity contribution in [2.75, 3.05) is 0 Å². The maximum absolute atomic E-state index is 14.1. The van der Waals surface area contributed by atoms with E-state index in [-0.39, 0.29) is 22.5 Å². The van der Waals surface area contributed by atoms with Crippen molar-refractivity contribution in [1.29, 1.82) is 0 Å². The van der Waals surface area contributed by atoms with Gasteiger partial charge in [0, 0.05) is 10.8 Å². The number of hydrogen-bond acceptors (Lipinski definition) is 0. The van der Waals surface area contributed by atoms with Gasteiger partial charge in [0.1, 0.15) is 11.6 Å². The average molecular weight is 615 g/mol. The highest BCUT2D eigenvalue weighted by molar-refractivity contribution is 6.15. The lowest BCUT2D eigenvalue weighted by atomic mass is 9.80. The summed E-state index contributed by atoms with van der Waals surface area (Å²) in [6.45, 7) is 11.3. The average Bonchev–Trinajstić information content (AvgIpc) is 3.43. The zero-order valence-electron chi connectivity index (χ0n) is 27.4. The molecule has 230 valence electrons. The number of aryl methyl sites for hydroxylation is 1. The number of rotatable bonds is 1. The van der Waals surface area contributed by atoms with Crippen LogP contribution in [-0.4, -0.2) is 0 Å². The monoisotopic (exact) mass is 614 g/mol. The summed E-state index contributed by atoms with van der Waals surface area (Å²) >= 11 is 0. The van der Waals surface area contributed by atoms with Crippen LogP contribution in [0.3, 0.4) is 0 Å². The summed E-state index contributed by atoms with van der Waals surface area (Å²) in [5.41, 5.74) is 13.9. The molecule has 2 heteroatoms. The quantitative estimate of drug-likeness (QED) is 0.161. The van der Waals surface area contributed by atoms with Crippen molar-refractivity contribution in [3.05, 3.63) is 167 Å². The first kappa shape index (κ1) is 29.3. The fraction of sp³-hybridized carbons (Fsp3) is 0.156. The van der Waals surface area contributed by atoms with E-state index in [1.807, 2.05) is 19.1 Å². The Morgan fingerprint density at radius 3 is 1.30 bits per heavy atom. The first-order chi connectivity index (χ1) is 22.5. The van der Waals surface area contributed by atoms with Crippen molar-refractivity contribution in [3.63, 3.8) is 0 Å². The molecule has 0 saturated carbocycles. The van der Waals surface area contributed by atoms with Gasteiger partial charge in [-0.2, -0.15) is 0 Å². The third kappa shape index (κ3) is 4.53. The fourth-order valence-corrected chi connectivity index (χ4v) is 7.97. The van der Waals surface area contributed by atoms with Crippen LogP contribution < -0.4 is 0 Å². The summed E-state index contributed by atoms with van der Waals surface area (Å²) in [5, 5.41) is 4.89. The standard InChI is InChI=1S/C38H29F.C7H7F/c1-37(2)32-11-7-5-9-26(32)30-20-28-23(18-34(30)37)17-24-19-35-31(27-10-6-8-12-33(27)38(35,3)4)21-29(24)36(28)22-13-15-25(39)16-14-22;1-6-2-4-7(8)5-3-6/h5-21H,1-4H3;2-5H,1H3. The molecule has 0 amide bonds. The molecule has 0 saturated heterocycles. The Bertz CT molecular complexity index is 2210. The van der Waals surface area contributed by atoms with Gasteiger partial charge in [-0.3, -0.25) is 0 Å². The van der Waals surface area contributed by atoms with Crippen LogP contribution in [0.15, 0.2) is 127 Å². The molecule has 47 heavy (non-hydrogen) atoms. The minimum Gasteiger partial charge on any atom is -0.207 e. The van der Waals surface area contributed by atoms with Crippen LogP contribution in [0.1, 0.15) is 55.5 Å². The summed E-state index contributed by atoms with van der Waals surface area (Å²) in [4.78, 5) is 0. The zero-order valence-corrected chi connectivity index (χ0v) is 27.4. The van der Waals surface area contributed by atoms with Crippen LogP contribution in [0.25, 0.3) is 54.9 Å². The molecule has 2 aliphatic carbocycles. The molecule has 9 rings (SSSR count). The molecule has 7 aromatic carbocycles. The minimum absolute atomic E-state index is 0.0628. The lowest BCUT2D eigenvalue weighted by molar-refractivity contribution is 0.627. The number of fused-ring (bicyclic) bond motifs is 8. The second kappa shape index (κ2) is 10.5. The number of hydrogen-bond donors (Lipinski definition) is 0. The van der Waals surface area contributed by atoms with Crippen molar-refractivity contribution in [1.82, 2.24) is 0 Å². The Balaban J connectivity index is 0.000000357. The van der Waals surface area contributed by atoms with Gasteiger partial charge in [-0.25, -0.2) is 8.78 Å². The molecular weight excluding hydrogens is 578 g/mol. The van der Waals surface area contributed by atoms with Gasteiger partial charge in [-0.05, 0) is 139 Å². The second-order valence-electron chi connectivity index (χ2n) is 14.1. The van der Waals surface area contributed by atoms with Crippen LogP contribution in [0.5, 0.6) is 0 Å². The molecule has 0 aromatic heterocycles. The fourth-order valence-electron chi connectivity index (χ4n) is 7.97. The van der Waals surface area contributed by atoms with Gasteiger partial charge in [0.25, 0.3) is 0 Å². The molecule has 0 radical (unpaired) electrons. The molecule has 0 aliphatic heterocycles. The van der Waals surface area contributed by atoms with E-state index < -0.39 is 0 Å². The third-order valence-corrected chi connectivity index (χ3v) is 10.5. The Morgan fingerprint density at radius 1 is 0.426 bits per heavy atom. The molecule has 0 spiro atoms. The van der Waals surface area contributed by atoms with Gasteiger partial charge < -0.3 is 0 Å². The molecule has 0 nitrogen and oxygen atoms in total. The smallest absolute Gasteiger partial charge is 0.123 e. The van der Waals surface area contributed by atoms with E-state index in [0.717, 1.165) is 11.1 Å². The van der Waals surface area contributed by atoms with Crippen molar-refractivity contribution in [2.24, 2.45) is 0 Å². The van der Waals surface area contributed by atoms with Crippen molar-refractivity contribution in [3.8, 4) is 33.4 Å². The van der Waals surface area contributed by atoms with Gasteiger partial charge in [0.2, 0.25) is 0 Å². The van der Waals surface area contributed by atoms with Crippen molar-refractivity contribution in [2.45, 2.75) is 45.4 Å². The highest BCUT2D eigenvalue weighted by Gasteiger charge is 2.37. The van der Waals surface area contributed by atoms with Crippen LogP contribution in [0, 0.1) is 18.6 Å². The minimum atomic E-state index is -0.212. The summed E-state index contributed by atoms with van der Waals surface area (Å²) < 4.78 is 26.2. The van der Waals surface area contributed by atoms with E-state index in [4.69, 9.17) is 0 Å². The molecule has 2 aliphatic rings. The zero-order chi connectivity index (χ0) is 32.7. The first-order valence-electron chi connectivity index (χ1n) is 16.3. The summed E-state index contributed by atoms with van der Waals surface area (Å²) in [6, 6.07) is 43.0. The van der Waals surface area contributed by atoms with Gasteiger partial charge >= 0.3 is 0 Å². The largest absolute Gasteiger partial charge is 0.207 e. The molecule has 0 heterocycles. The van der Waals surface area contributed by atoms with Gasteiger partial charge in [0.15, 0.2) is 0 Å². The van der Waals surface area contributed by atoms with Crippen LogP contribution in [-0.2, 0) is 10.8 Å². The second-order valence-corrected chi connectivity index (χ2v) is 14.1. The maximum Gasteiger partial charge on any atom is 0.123 e. The first-order valence-corrected chi connectivity index (χ1v) is 16.3. The van der Waals surface area contributed by atoms with E-state index >= 15 is 0 Å². The molecule has 0 atom stereocenters. The molecule has 0 bridgehead atoms. The van der Waals surface area contributed by atoms with E-state index in [0.29, 0.717) is 0 Å². The normalized spacial score (nSPS) is 14.6. The van der Waals surface area contributed by atoms with Crippen molar-refractivity contribution < 1.29 is 8.78 Å². The van der Waals surface area contributed by atoms with Gasteiger partial charge in [-0.15, -0.1) is 0 Å². The Kier molecular flexibility index (Phi) is 6.53. The van der Waals surface area contributed by atoms with E-state index in [1.54, 1.807) is 24.3 Å². The van der Waals surface area contributed by atoms with E-state index in [9.17, 15) is 8.78 Å². The summed E-state index contributed by atoms with van der Waals surface area (Å²) in [6.07, 6.45) is 0. The molecule has 0 fully saturated rings. The number of halogens is 2. The van der Waals surface area contributed by atoms with Gasteiger partial charge in [0.05, 0.1) is 0 Å². The Hall–Kier alpha value is -5.08. The summed E-state index contributed by atoms with van der Waals surface area (Å²) in [5.74, 6) is -0.382. The van der Waals surface area contributed by atoms with E-state index in [1.165, 1.54) is 83.7 Å². The lowest BCUT2D eigenvalue weighted by Crippen LogP contribution is -2.15. The Labute approximate surface area is 275 Å². The number of benzene rings is 7. The molecule has 7 aromatic rings. The van der Waals surface area contributed by atoms with E-state index in [2.05, 4.69) is 107 Å². The van der Waals surface area contributed by atoms with Crippen LogP contribution in [0.2, 0.25) is 0 Å². The predicted molar refractivity (Wildman–Crippen MR) is 193 cm³/mol. The SMILES string of the molecule is CC1(C)c2ccccc2-c2cc3c(-c4ccc(F)cc4)c4cc5c(cc4cc3cc21)C(C)(C)c1ccccc1-5.Cc1ccc(F)cc1. The van der Waals surface area contributed by atoms with Crippen LogP contribution in [0.4, 0.5) is 8.78 Å². The molecule has 0 N–H and O–H groups in total. The lowest BCUT2D eigenvalue weighted by Gasteiger charge is -2.23. The summed E-state index contributed by atoms with van der Waals surface area (Å²) in [7, 11) is 0.